The minimum Gasteiger partial charge on any atom is -0.537 e. The second-order valence-electron chi connectivity index (χ2n) is 0.412. The van der Waals surface area contributed by atoms with Crippen molar-refractivity contribution in [2.75, 3.05) is 0 Å². The maximum Gasteiger partial charge on any atom is 1.00 e. The molecular weight excluding hydrogens is 91.0 g/mol. The minimum absolute atomic E-state index is 0. The Morgan fingerprint density at radius 1 is 2.17 bits per heavy atom. The molecule has 0 aliphatic rings. The molecule has 0 aromatic rings. The predicted molar refractivity (Wildman–Crippen MR) is 13.8 cm³/mol. The van der Waals surface area contributed by atoms with E-state index in [1.165, 1.54) is 12.3 Å². The fraction of sp³-hybridized carbons (Fsp3) is 0. The molecule has 6 heavy (non-hydrogen) atoms. The monoisotopic (exact) mass is 93.0 g/mol. The molecule has 0 amide bonds. The van der Waals surface area contributed by atoms with E-state index in [9.17, 15) is 9.90 Å². The van der Waals surface area contributed by atoms with E-state index in [1.807, 2.05) is 0 Å². The van der Waals surface area contributed by atoms with Crippen molar-refractivity contribution in [3.63, 3.8) is 0 Å². The number of carbonyl (C=O) groups is 1. The Kier molecular flexibility index (Phi) is 5.06. The molecule has 0 saturated heterocycles. The van der Waals surface area contributed by atoms with Crippen LogP contribution in [0.2, 0.25) is 0 Å². The van der Waals surface area contributed by atoms with Crippen LogP contribution in [0.5, 0.6) is 0 Å². The van der Waals surface area contributed by atoms with Gasteiger partial charge in [0.1, 0.15) is 7.34 Å². The van der Waals surface area contributed by atoms with Crippen molar-refractivity contribution in [1.82, 2.24) is 0 Å². The molecule has 2 nitrogen and oxygen atoms in total. The van der Waals surface area contributed by atoms with E-state index < -0.39 is 5.97 Å². The Morgan fingerprint density at radius 2 is 2.67 bits per heavy atom. The maximum atomic E-state index is 9.19. The fourth-order valence-electron chi connectivity index (χ4n) is 0. The van der Waals surface area contributed by atoms with Gasteiger partial charge in [0, 0.05) is 0 Å². The number of rotatable bonds is 0. The van der Waals surface area contributed by atoms with E-state index in [0.29, 0.717) is 0 Å². The van der Waals surface area contributed by atoms with Crippen molar-refractivity contribution < 1.29 is 40.8 Å². The minimum atomic E-state index is -1.51. The molecule has 0 bridgehead atoms. The summed E-state index contributed by atoms with van der Waals surface area (Å²) in [5, 5.41) is 9.19. The summed E-state index contributed by atoms with van der Waals surface area (Å²) in [5.74, 6) is -0.0787. The quantitative estimate of drug-likeness (QED) is 0.223. The zero-order chi connectivity index (χ0) is 4.99. The number of aliphatic carboxylic acids is 1. The van der Waals surface area contributed by atoms with Crippen LogP contribution in [0.25, 0.3) is 0 Å². The van der Waals surface area contributed by atoms with Gasteiger partial charge < -0.3 is 9.90 Å². The molecule has 0 saturated carbocycles. The zero-order valence-electron chi connectivity index (χ0n) is 4.32. The number of carboxylic acids is 1. The summed E-state index contributed by atoms with van der Waals surface area (Å²) >= 11 is 0. The Bertz CT molecular complexity index is 112. The van der Waals surface area contributed by atoms with Gasteiger partial charge in [-0.2, -0.15) is 0 Å². The average Bonchev–Trinajstić information content (AvgIpc) is 1.35. The van der Waals surface area contributed by atoms with Gasteiger partial charge in [-0.25, -0.2) is 0 Å². The second-order valence-corrected chi connectivity index (χ2v) is 0.412. The Labute approximate surface area is 59.2 Å². The maximum absolute atomic E-state index is 9.19. The average molecular weight is 93.0 g/mol. The molecule has 0 aliphatic carbocycles. The summed E-state index contributed by atoms with van der Waals surface area (Å²) in [4.78, 5) is 9.19. The standard InChI is InChI=1S/C3H2O2.Na/c1-2-3(4)5;/h1H,(H,4,5);/q;+1/p-1/i1D;. The van der Waals surface area contributed by atoms with Crippen LogP contribution in [-0.4, -0.2) is 5.97 Å². The van der Waals surface area contributed by atoms with Crippen LogP contribution in [0.1, 0.15) is 1.37 Å². The molecule has 0 radical (unpaired) electrons. The van der Waals surface area contributed by atoms with Gasteiger partial charge in [0.2, 0.25) is 0 Å². The van der Waals surface area contributed by atoms with Gasteiger partial charge in [-0.1, -0.05) is 5.92 Å². The van der Waals surface area contributed by atoms with E-state index in [-0.39, 0.29) is 29.6 Å². The van der Waals surface area contributed by atoms with Crippen LogP contribution < -0.4 is 34.7 Å². The summed E-state index contributed by atoms with van der Waals surface area (Å²) in [6.45, 7) is 0. The third kappa shape index (κ3) is 8.98. The molecule has 0 spiro atoms. The summed E-state index contributed by atoms with van der Waals surface area (Å²) in [5.41, 5.74) is 0. The predicted octanol–water partition coefficient (Wildman–Crippen LogP) is -4.63. The first-order valence-electron chi connectivity index (χ1n) is 1.41. The molecule has 0 aromatic heterocycles. The Hall–Kier alpha value is 0.0300. The van der Waals surface area contributed by atoms with Gasteiger partial charge in [0.25, 0.3) is 0 Å². The molecule has 0 rings (SSSR count). The number of hydrogen-bond acceptors (Lipinski definition) is 2. The van der Waals surface area contributed by atoms with E-state index in [4.69, 9.17) is 1.37 Å². The van der Waals surface area contributed by atoms with Gasteiger partial charge in [0.15, 0.2) is 0 Å². The van der Waals surface area contributed by atoms with Crippen LogP contribution in [-0.2, 0) is 4.79 Å². The molecule has 0 aromatic carbocycles. The van der Waals surface area contributed by atoms with Crippen molar-refractivity contribution in [1.29, 1.82) is 0 Å². The first kappa shape index (κ1) is 6.03. The molecule has 0 unspecified atom stereocenters. The third-order valence-corrected chi connectivity index (χ3v) is 0.102. The molecule has 0 atom stereocenters. The Balaban J connectivity index is 0. The summed E-state index contributed by atoms with van der Waals surface area (Å²) < 4.78 is 5.95. The molecular formula is C3HNaO2. The molecule has 26 valence electrons. The third-order valence-electron chi connectivity index (χ3n) is 0.102. The van der Waals surface area contributed by atoms with Crippen molar-refractivity contribution in [2.45, 2.75) is 0 Å². The normalized spacial score (nSPS) is 5.67. The number of carboxylic acid groups (broad SMARTS) is 1. The van der Waals surface area contributed by atoms with E-state index in [2.05, 4.69) is 0 Å². The van der Waals surface area contributed by atoms with E-state index >= 15 is 0 Å². The van der Waals surface area contributed by atoms with Crippen LogP contribution in [0.15, 0.2) is 0 Å². The van der Waals surface area contributed by atoms with Gasteiger partial charge in [-0.3, -0.25) is 0 Å². The Morgan fingerprint density at radius 3 is 2.67 bits per heavy atom. The first-order valence-corrected chi connectivity index (χ1v) is 0.908. The van der Waals surface area contributed by atoms with Crippen molar-refractivity contribution >= 4 is 5.97 Å². The van der Waals surface area contributed by atoms with Crippen LogP contribution >= 0.6 is 0 Å². The van der Waals surface area contributed by atoms with Gasteiger partial charge in [-0.15, -0.1) is 6.40 Å². The molecule has 3 heteroatoms. The largest absolute Gasteiger partial charge is 1.00 e. The fourth-order valence-corrected chi connectivity index (χ4v) is 0. The molecule has 0 N–H and O–H groups in total. The van der Waals surface area contributed by atoms with E-state index in [0.717, 1.165) is 0 Å². The van der Waals surface area contributed by atoms with Gasteiger partial charge >= 0.3 is 29.6 Å². The number of carbonyl (C=O) groups excluding carboxylic acids is 1. The van der Waals surface area contributed by atoms with Crippen LogP contribution in [0, 0.1) is 12.3 Å². The van der Waals surface area contributed by atoms with Gasteiger partial charge in [0.05, 0.1) is 0 Å². The summed E-state index contributed by atoms with van der Waals surface area (Å²) in [6, 6.07) is 0. The SMILES string of the molecule is [2H]C#CC(=O)[O-].[Na+]. The van der Waals surface area contributed by atoms with Crippen molar-refractivity contribution in [3.8, 4) is 12.3 Å². The van der Waals surface area contributed by atoms with Crippen molar-refractivity contribution in [3.05, 3.63) is 0 Å². The summed E-state index contributed by atoms with van der Waals surface area (Å²) in [7, 11) is 0. The summed E-state index contributed by atoms with van der Waals surface area (Å²) in [6.07, 6.45) is 1.41. The smallest absolute Gasteiger partial charge is 0.537 e. The van der Waals surface area contributed by atoms with Crippen molar-refractivity contribution in [2.24, 2.45) is 0 Å². The first-order chi connectivity index (χ1) is 2.77. The second kappa shape index (κ2) is 5.03. The molecule has 0 fully saturated rings. The van der Waals surface area contributed by atoms with Crippen LogP contribution in [0.3, 0.4) is 0 Å². The zero-order valence-corrected chi connectivity index (χ0v) is 5.32. The number of terminal acetylenes is 1. The van der Waals surface area contributed by atoms with Gasteiger partial charge in [-0.05, 0) is 0 Å². The molecule has 0 heterocycles. The molecule has 0 aliphatic heterocycles. The number of hydrogen-bond donors (Lipinski definition) is 0. The van der Waals surface area contributed by atoms with Crippen LogP contribution in [0.4, 0.5) is 0 Å². The van der Waals surface area contributed by atoms with E-state index in [1.54, 1.807) is 0 Å². The topological polar surface area (TPSA) is 40.1 Å².